The number of rotatable bonds is 1. The largest absolute Gasteiger partial charge is 0.256 e. The summed E-state index contributed by atoms with van der Waals surface area (Å²) in [4.78, 5) is 4.71. The zero-order valence-corrected chi connectivity index (χ0v) is 12.0. The van der Waals surface area contributed by atoms with Crippen molar-refractivity contribution in [3.05, 3.63) is 52.7 Å². The van der Waals surface area contributed by atoms with Crippen LogP contribution >= 0.6 is 0 Å². The van der Waals surface area contributed by atoms with Gasteiger partial charge in [-0.25, -0.2) is 0 Å². The summed E-state index contributed by atoms with van der Waals surface area (Å²) in [6, 6.07) is 9.26. The summed E-state index contributed by atoms with van der Waals surface area (Å²) in [6.07, 6.45) is 12.3. The van der Waals surface area contributed by atoms with Crippen LogP contribution in [-0.2, 0) is 25.7 Å². The summed E-state index contributed by atoms with van der Waals surface area (Å²) < 4.78 is 0. The van der Waals surface area contributed by atoms with Crippen molar-refractivity contribution < 1.29 is 0 Å². The standard InChI is InChI=1S/C19H21N/c1-2-7-16-13-17(10-9-14(16)5-1)19-18-8-4-3-6-15(18)11-12-20-19/h9-13H,1-8H2. The first-order valence-corrected chi connectivity index (χ1v) is 8.01. The van der Waals surface area contributed by atoms with Crippen LogP contribution in [0.15, 0.2) is 30.5 Å². The minimum Gasteiger partial charge on any atom is -0.256 e. The Balaban J connectivity index is 1.81. The molecule has 1 heterocycles. The molecule has 0 N–H and O–H groups in total. The zero-order chi connectivity index (χ0) is 13.4. The Morgan fingerprint density at radius 2 is 1.45 bits per heavy atom. The van der Waals surface area contributed by atoms with Crippen LogP contribution in [0.2, 0.25) is 0 Å². The lowest BCUT2D eigenvalue weighted by Gasteiger charge is -2.20. The van der Waals surface area contributed by atoms with Crippen molar-refractivity contribution in [3.8, 4) is 11.3 Å². The molecule has 1 nitrogen and oxygen atoms in total. The van der Waals surface area contributed by atoms with Crippen LogP contribution in [0.1, 0.15) is 47.9 Å². The van der Waals surface area contributed by atoms with Gasteiger partial charge in [0.1, 0.15) is 0 Å². The first-order valence-electron chi connectivity index (χ1n) is 8.01. The maximum absolute atomic E-state index is 4.71. The molecule has 2 aromatic rings. The lowest BCUT2D eigenvalue weighted by molar-refractivity contribution is 0.682. The fourth-order valence-corrected chi connectivity index (χ4v) is 3.79. The van der Waals surface area contributed by atoms with Crippen molar-refractivity contribution >= 4 is 0 Å². The molecule has 0 unspecified atom stereocenters. The second-order valence-corrected chi connectivity index (χ2v) is 6.19. The molecule has 102 valence electrons. The second-order valence-electron chi connectivity index (χ2n) is 6.19. The zero-order valence-electron chi connectivity index (χ0n) is 12.0. The molecule has 0 spiro atoms. The van der Waals surface area contributed by atoms with E-state index < -0.39 is 0 Å². The minimum atomic E-state index is 1.20. The Hall–Kier alpha value is -1.63. The number of hydrogen-bond acceptors (Lipinski definition) is 1. The second kappa shape index (κ2) is 5.05. The van der Waals surface area contributed by atoms with E-state index in [1.165, 1.54) is 73.8 Å². The number of hydrogen-bond donors (Lipinski definition) is 0. The molecule has 0 bridgehead atoms. The van der Waals surface area contributed by atoms with E-state index >= 15 is 0 Å². The van der Waals surface area contributed by atoms with E-state index in [9.17, 15) is 0 Å². The number of pyridine rings is 1. The maximum atomic E-state index is 4.71. The number of fused-ring (bicyclic) bond motifs is 2. The first-order chi connectivity index (χ1) is 9.92. The monoisotopic (exact) mass is 263 g/mol. The van der Waals surface area contributed by atoms with Gasteiger partial charge in [-0.2, -0.15) is 0 Å². The third-order valence-electron chi connectivity index (χ3n) is 4.90. The summed E-state index contributed by atoms with van der Waals surface area (Å²) in [5, 5.41) is 0. The average Bonchev–Trinajstić information content (AvgIpc) is 2.54. The van der Waals surface area contributed by atoms with Gasteiger partial charge < -0.3 is 0 Å². The molecule has 0 saturated heterocycles. The number of nitrogens with zero attached hydrogens (tertiary/aromatic N) is 1. The summed E-state index contributed by atoms with van der Waals surface area (Å²) in [5.74, 6) is 0. The molecule has 0 amide bonds. The molecule has 0 atom stereocenters. The van der Waals surface area contributed by atoms with Gasteiger partial charge in [0, 0.05) is 11.8 Å². The van der Waals surface area contributed by atoms with Crippen molar-refractivity contribution in [1.82, 2.24) is 4.98 Å². The maximum Gasteiger partial charge on any atom is 0.0736 e. The summed E-state index contributed by atoms with van der Waals surface area (Å²) >= 11 is 0. The highest BCUT2D eigenvalue weighted by molar-refractivity contribution is 5.66. The normalized spacial score (nSPS) is 17.4. The predicted molar refractivity (Wildman–Crippen MR) is 83.0 cm³/mol. The Kier molecular flexibility index (Phi) is 3.06. The van der Waals surface area contributed by atoms with Crippen LogP contribution in [-0.4, -0.2) is 4.98 Å². The number of benzene rings is 1. The quantitative estimate of drug-likeness (QED) is 0.738. The van der Waals surface area contributed by atoms with E-state index in [0.29, 0.717) is 0 Å². The molecule has 0 radical (unpaired) electrons. The van der Waals surface area contributed by atoms with Crippen LogP contribution < -0.4 is 0 Å². The molecule has 1 aromatic carbocycles. The Morgan fingerprint density at radius 3 is 2.35 bits per heavy atom. The third-order valence-corrected chi connectivity index (χ3v) is 4.90. The molecular formula is C19H21N. The van der Waals surface area contributed by atoms with Gasteiger partial charge in [0.2, 0.25) is 0 Å². The van der Waals surface area contributed by atoms with Gasteiger partial charge in [-0.15, -0.1) is 0 Å². The first kappa shape index (κ1) is 12.1. The van der Waals surface area contributed by atoms with E-state index in [1.807, 2.05) is 6.20 Å². The van der Waals surface area contributed by atoms with Crippen molar-refractivity contribution in [2.45, 2.75) is 51.4 Å². The van der Waals surface area contributed by atoms with Crippen molar-refractivity contribution in [2.75, 3.05) is 0 Å². The van der Waals surface area contributed by atoms with Gasteiger partial charge in [-0.1, -0.05) is 12.1 Å². The van der Waals surface area contributed by atoms with Crippen LogP contribution in [0.3, 0.4) is 0 Å². The minimum absolute atomic E-state index is 1.20. The Labute approximate surface area is 121 Å². The van der Waals surface area contributed by atoms with Gasteiger partial charge >= 0.3 is 0 Å². The van der Waals surface area contributed by atoms with Gasteiger partial charge in [0.15, 0.2) is 0 Å². The van der Waals surface area contributed by atoms with Gasteiger partial charge in [-0.3, -0.25) is 4.98 Å². The van der Waals surface area contributed by atoms with Crippen LogP contribution in [0.4, 0.5) is 0 Å². The highest BCUT2D eigenvalue weighted by Crippen LogP contribution is 2.32. The molecule has 0 saturated carbocycles. The fourth-order valence-electron chi connectivity index (χ4n) is 3.79. The van der Waals surface area contributed by atoms with Gasteiger partial charge in [-0.05, 0) is 85.8 Å². The van der Waals surface area contributed by atoms with Gasteiger partial charge in [0.25, 0.3) is 0 Å². The molecule has 4 rings (SSSR count). The number of aryl methyl sites for hydroxylation is 3. The molecule has 2 aliphatic carbocycles. The van der Waals surface area contributed by atoms with Gasteiger partial charge in [0.05, 0.1) is 5.69 Å². The van der Waals surface area contributed by atoms with E-state index in [1.54, 1.807) is 11.1 Å². The SMILES string of the molecule is c1cc2c(c(-c3ccc4c(c3)CCCC4)n1)CCCC2. The number of aromatic nitrogens is 1. The molecular weight excluding hydrogens is 242 g/mol. The molecule has 2 aliphatic rings. The molecule has 1 aromatic heterocycles. The molecule has 20 heavy (non-hydrogen) atoms. The lowest BCUT2D eigenvalue weighted by atomic mass is 9.86. The van der Waals surface area contributed by atoms with E-state index in [2.05, 4.69) is 24.3 Å². The Bertz CT molecular complexity index is 642. The van der Waals surface area contributed by atoms with E-state index in [-0.39, 0.29) is 0 Å². The smallest absolute Gasteiger partial charge is 0.0736 e. The average molecular weight is 263 g/mol. The van der Waals surface area contributed by atoms with Crippen LogP contribution in [0.25, 0.3) is 11.3 Å². The topological polar surface area (TPSA) is 12.9 Å². The highest BCUT2D eigenvalue weighted by Gasteiger charge is 2.17. The third kappa shape index (κ3) is 2.06. The van der Waals surface area contributed by atoms with E-state index in [0.717, 1.165) is 0 Å². The van der Waals surface area contributed by atoms with Crippen molar-refractivity contribution in [2.24, 2.45) is 0 Å². The predicted octanol–water partition coefficient (Wildman–Crippen LogP) is 4.51. The van der Waals surface area contributed by atoms with Crippen molar-refractivity contribution in [3.63, 3.8) is 0 Å². The van der Waals surface area contributed by atoms with E-state index in [4.69, 9.17) is 4.98 Å². The van der Waals surface area contributed by atoms with Crippen molar-refractivity contribution in [1.29, 1.82) is 0 Å². The Morgan fingerprint density at radius 1 is 0.700 bits per heavy atom. The molecule has 0 fully saturated rings. The summed E-state index contributed by atoms with van der Waals surface area (Å²) in [5.41, 5.74) is 8.74. The van der Waals surface area contributed by atoms with Crippen LogP contribution in [0.5, 0.6) is 0 Å². The summed E-state index contributed by atoms with van der Waals surface area (Å²) in [7, 11) is 0. The van der Waals surface area contributed by atoms with Crippen LogP contribution in [0, 0.1) is 0 Å². The molecule has 0 aliphatic heterocycles. The lowest BCUT2D eigenvalue weighted by Crippen LogP contribution is -2.07. The fraction of sp³-hybridized carbons (Fsp3) is 0.421. The summed E-state index contributed by atoms with van der Waals surface area (Å²) in [6.45, 7) is 0. The highest BCUT2D eigenvalue weighted by atomic mass is 14.7. The molecule has 1 heteroatoms.